The molecular weight excluding hydrogens is 284 g/mol. The second-order valence-electron chi connectivity index (χ2n) is 4.26. The van der Waals surface area contributed by atoms with Gasteiger partial charge in [0.2, 0.25) is 6.79 Å². The highest BCUT2D eigenvalue weighted by atomic mass is 32.2. The van der Waals surface area contributed by atoms with Gasteiger partial charge in [-0.2, -0.15) is 5.10 Å². The van der Waals surface area contributed by atoms with E-state index in [-0.39, 0.29) is 23.1 Å². The molecule has 0 unspecified atom stereocenters. The van der Waals surface area contributed by atoms with Crippen LogP contribution >= 0.6 is 0 Å². The average Bonchev–Trinajstić information content (AvgIpc) is 2.98. The summed E-state index contributed by atoms with van der Waals surface area (Å²) >= 11 is 0. The van der Waals surface area contributed by atoms with Gasteiger partial charge in [0.05, 0.1) is 23.3 Å². The number of nitrogens with two attached hydrogens (primary N) is 1. The summed E-state index contributed by atoms with van der Waals surface area (Å²) in [6, 6.07) is 3.01. The van der Waals surface area contributed by atoms with Crippen LogP contribution in [0.5, 0.6) is 11.5 Å². The van der Waals surface area contributed by atoms with Crippen molar-refractivity contribution < 1.29 is 17.9 Å². The van der Waals surface area contributed by atoms with Crippen molar-refractivity contribution in [3.63, 3.8) is 0 Å². The Bertz CT molecular complexity index is 769. The number of aryl methyl sites for hydroxylation is 1. The fourth-order valence-corrected chi connectivity index (χ4v) is 3.07. The Kier molecular flexibility index (Phi) is 2.71. The first-order chi connectivity index (χ1) is 9.47. The largest absolute Gasteiger partial charge is 0.454 e. The maximum atomic E-state index is 12.2. The van der Waals surface area contributed by atoms with Crippen LogP contribution < -0.4 is 19.9 Å². The molecule has 0 fully saturated rings. The van der Waals surface area contributed by atoms with Crippen molar-refractivity contribution in [3.8, 4) is 11.5 Å². The Balaban J connectivity index is 1.98. The zero-order chi connectivity index (χ0) is 14.3. The second kappa shape index (κ2) is 4.30. The summed E-state index contributed by atoms with van der Waals surface area (Å²) in [5.74, 6) is 0.936. The normalized spacial score (nSPS) is 13.4. The Morgan fingerprint density at radius 3 is 2.70 bits per heavy atom. The number of aromatic nitrogens is 2. The fourth-order valence-electron chi connectivity index (χ4n) is 1.86. The molecule has 0 aliphatic carbocycles. The van der Waals surface area contributed by atoms with Crippen molar-refractivity contribution >= 4 is 21.4 Å². The minimum absolute atomic E-state index is 0.0644. The van der Waals surface area contributed by atoms with E-state index in [0.717, 1.165) is 0 Å². The van der Waals surface area contributed by atoms with Gasteiger partial charge in [-0.1, -0.05) is 0 Å². The third-order valence-electron chi connectivity index (χ3n) is 2.86. The number of hydrogen-bond donors (Lipinski definition) is 3. The lowest BCUT2D eigenvalue weighted by atomic mass is 10.2. The van der Waals surface area contributed by atoms with Gasteiger partial charge in [-0.25, -0.2) is 8.42 Å². The van der Waals surface area contributed by atoms with Crippen LogP contribution in [0.15, 0.2) is 23.2 Å². The van der Waals surface area contributed by atoms with E-state index >= 15 is 0 Å². The van der Waals surface area contributed by atoms with Crippen molar-refractivity contribution in [1.82, 2.24) is 10.2 Å². The van der Waals surface area contributed by atoms with Gasteiger partial charge >= 0.3 is 0 Å². The second-order valence-corrected chi connectivity index (χ2v) is 5.91. The van der Waals surface area contributed by atoms with Gasteiger partial charge < -0.3 is 15.2 Å². The maximum Gasteiger partial charge on any atom is 0.265 e. The Labute approximate surface area is 114 Å². The number of anilines is 2. The fraction of sp³-hybridized carbons (Fsp3) is 0.182. The predicted octanol–water partition coefficient (Wildman–Crippen LogP) is 0.830. The quantitative estimate of drug-likeness (QED) is 0.722. The Hall–Kier alpha value is -2.42. The maximum absolute atomic E-state index is 12.2. The van der Waals surface area contributed by atoms with Gasteiger partial charge in [0.25, 0.3) is 10.0 Å². The molecule has 0 radical (unpaired) electrons. The van der Waals surface area contributed by atoms with E-state index in [0.29, 0.717) is 17.2 Å². The SMILES string of the molecule is Cc1[nH]ncc1S(=O)(=O)Nc1cc2c(cc1N)OCO2. The van der Waals surface area contributed by atoms with E-state index in [4.69, 9.17) is 15.2 Å². The summed E-state index contributed by atoms with van der Waals surface area (Å²) in [6.45, 7) is 1.70. The van der Waals surface area contributed by atoms with E-state index in [9.17, 15) is 8.42 Å². The van der Waals surface area contributed by atoms with Crippen LogP contribution in [0.25, 0.3) is 0 Å². The first-order valence-corrected chi connectivity index (χ1v) is 7.17. The molecule has 0 amide bonds. The topological polar surface area (TPSA) is 119 Å². The molecule has 0 spiro atoms. The summed E-state index contributed by atoms with van der Waals surface area (Å²) in [4.78, 5) is 0.0644. The van der Waals surface area contributed by atoms with Gasteiger partial charge in [0.1, 0.15) is 4.90 Å². The number of rotatable bonds is 3. The number of hydrogen-bond acceptors (Lipinski definition) is 6. The number of nitrogens with one attached hydrogen (secondary N) is 2. The number of fused-ring (bicyclic) bond motifs is 1. The summed E-state index contributed by atoms with van der Waals surface area (Å²) < 4.78 is 37.2. The highest BCUT2D eigenvalue weighted by Crippen LogP contribution is 2.39. The molecule has 8 nitrogen and oxygen atoms in total. The minimum Gasteiger partial charge on any atom is -0.454 e. The Morgan fingerprint density at radius 2 is 2.05 bits per heavy atom. The molecule has 1 aromatic heterocycles. The number of nitrogens with zero attached hydrogens (tertiary/aromatic N) is 1. The molecule has 1 aliphatic heterocycles. The minimum atomic E-state index is -3.76. The van der Waals surface area contributed by atoms with Gasteiger partial charge in [-0.05, 0) is 6.92 Å². The van der Waals surface area contributed by atoms with Crippen LogP contribution in [0.1, 0.15) is 5.69 Å². The third kappa shape index (κ3) is 2.01. The molecule has 9 heteroatoms. The van der Waals surface area contributed by atoms with E-state index < -0.39 is 10.0 Å². The number of H-pyrrole nitrogens is 1. The first-order valence-electron chi connectivity index (χ1n) is 5.69. The van der Waals surface area contributed by atoms with Gasteiger partial charge in [-0.3, -0.25) is 9.82 Å². The molecule has 1 aromatic carbocycles. The number of sulfonamides is 1. The van der Waals surface area contributed by atoms with Crippen molar-refractivity contribution in [2.45, 2.75) is 11.8 Å². The lowest BCUT2D eigenvalue weighted by molar-refractivity contribution is 0.174. The van der Waals surface area contributed by atoms with Crippen molar-refractivity contribution in [2.75, 3.05) is 17.2 Å². The zero-order valence-corrected chi connectivity index (χ0v) is 11.3. The average molecular weight is 296 g/mol. The van der Waals surface area contributed by atoms with Gasteiger partial charge in [0, 0.05) is 12.1 Å². The van der Waals surface area contributed by atoms with Crippen LogP contribution in [0.2, 0.25) is 0 Å². The summed E-state index contributed by atoms with van der Waals surface area (Å²) in [7, 11) is -3.76. The van der Waals surface area contributed by atoms with E-state index in [1.54, 1.807) is 6.92 Å². The molecule has 0 atom stereocenters. The van der Waals surface area contributed by atoms with Crippen molar-refractivity contribution in [2.24, 2.45) is 0 Å². The van der Waals surface area contributed by atoms with E-state index in [1.165, 1.54) is 18.3 Å². The highest BCUT2D eigenvalue weighted by molar-refractivity contribution is 7.92. The molecule has 3 rings (SSSR count). The van der Waals surface area contributed by atoms with Crippen molar-refractivity contribution in [1.29, 1.82) is 0 Å². The van der Waals surface area contributed by atoms with Crippen LogP contribution in [0, 0.1) is 6.92 Å². The molecule has 0 saturated heterocycles. The molecule has 4 N–H and O–H groups in total. The number of benzene rings is 1. The molecule has 20 heavy (non-hydrogen) atoms. The molecule has 0 bridgehead atoms. The van der Waals surface area contributed by atoms with Crippen LogP contribution in [0.3, 0.4) is 0 Å². The molecule has 2 heterocycles. The standard InChI is InChI=1S/C11H12N4O4S/c1-6-11(4-13-14-6)20(16,17)15-8-3-10-9(2-7(8)12)18-5-19-10/h2-4,15H,5,12H2,1H3,(H,13,14). The van der Waals surface area contributed by atoms with Crippen LogP contribution in [-0.4, -0.2) is 25.4 Å². The van der Waals surface area contributed by atoms with Gasteiger partial charge in [0.15, 0.2) is 11.5 Å². The zero-order valence-electron chi connectivity index (χ0n) is 10.5. The number of aromatic amines is 1. The summed E-state index contributed by atoms with van der Waals surface area (Å²) in [5.41, 5.74) is 6.73. The lowest BCUT2D eigenvalue weighted by Crippen LogP contribution is -2.14. The van der Waals surface area contributed by atoms with Crippen LogP contribution in [-0.2, 0) is 10.0 Å². The molecule has 2 aromatic rings. The van der Waals surface area contributed by atoms with E-state index in [1.807, 2.05) is 0 Å². The third-order valence-corrected chi connectivity index (χ3v) is 4.34. The number of nitrogen functional groups attached to an aromatic ring is 1. The lowest BCUT2D eigenvalue weighted by Gasteiger charge is -2.10. The predicted molar refractivity (Wildman–Crippen MR) is 71.1 cm³/mol. The smallest absolute Gasteiger partial charge is 0.265 e. The summed E-state index contributed by atoms with van der Waals surface area (Å²) in [5, 5.41) is 6.26. The van der Waals surface area contributed by atoms with Gasteiger partial charge in [-0.15, -0.1) is 0 Å². The molecular formula is C11H12N4O4S. The first kappa shape index (κ1) is 12.6. The number of ether oxygens (including phenoxy) is 2. The molecule has 106 valence electrons. The van der Waals surface area contributed by atoms with Crippen molar-refractivity contribution in [3.05, 3.63) is 24.0 Å². The Morgan fingerprint density at radius 1 is 1.35 bits per heavy atom. The molecule has 0 saturated carbocycles. The molecule has 1 aliphatic rings. The monoisotopic (exact) mass is 296 g/mol. The highest BCUT2D eigenvalue weighted by Gasteiger charge is 2.22. The van der Waals surface area contributed by atoms with Crippen LogP contribution in [0.4, 0.5) is 11.4 Å². The van der Waals surface area contributed by atoms with E-state index in [2.05, 4.69) is 14.9 Å². The summed E-state index contributed by atoms with van der Waals surface area (Å²) in [6.07, 6.45) is 1.24.